The molecule has 188 valence electrons. The molecule has 1 saturated heterocycles. The first-order chi connectivity index (χ1) is 16.7. The molecule has 2 aromatic carbocycles. The van der Waals surface area contributed by atoms with E-state index in [2.05, 4.69) is 0 Å². The number of benzene rings is 2. The first kappa shape index (κ1) is 26.3. The van der Waals surface area contributed by atoms with Crippen LogP contribution >= 0.6 is 0 Å². The van der Waals surface area contributed by atoms with Gasteiger partial charge in [-0.25, -0.2) is 0 Å². The van der Waals surface area contributed by atoms with Crippen molar-refractivity contribution in [3.63, 3.8) is 0 Å². The minimum atomic E-state index is -0.679. The SMILES string of the molecule is CCCOc1ccc(/C(O)=C2\C(=O)C(=O)N(CCCN(C)C)[C@@H]2c2ccc(OC(C)C)cc2)cc1. The van der Waals surface area contributed by atoms with E-state index in [1.165, 1.54) is 0 Å². The summed E-state index contributed by atoms with van der Waals surface area (Å²) in [5.74, 6) is -0.0688. The summed E-state index contributed by atoms with van der Waals surface area (Å²) in [6.45, 7) is 7.70. The van der Waals surface area contributed by atoms with Crippen molar-refractivity contribution in [2.75, 3.05) is 33.8 Å². The van der Waals surface area contributed by atoms with E-state index < -0.39 is 17.7 Å². The maximum Gasteiger partial charge on any atom is 0.295 e. The van der Waals surface area contributed by atoms with Gasteiger partial charge in [0, 0.05) is 12.1 Å². The topological polar surface area (TPSA) is 79.3 Å². The van der Waals surface area contributed by atoms with Gasteiger partial charge in [-0.1, -0.05) is 19.1 Å². The zero-order valence-corrected chi connectivity index (χ0v) is 21.3. The number of likely N-dealkylation sites (tertiary alicyclic amines) is 1. The second kappa shape index (κ2) is 11.9. The molecule has 0 radical (unpaired) electrons. The van der Waals surface area contributed by atoms with E-state index in [1.807, 2.05) is 64.0 Å². The van der Waals surface area contributed by atoms with Crippen molar-refractivity contribution in [1.29, 1.82) is 0 Å². The summed E-state index contributed by atoms with van der Waals surface area (Å²) in [7, 11) is 3.93. The lowest BCUT2D eigenvalue weighted by Crippen LogP contribution is -2.32. The smallest absolute Gasteiger partial charge is 0.295 e. The van der Waals surface area contributed by atoms with Crippen LogP contribution in [0.2, 0.25) is 0 Å². The molecule has 0 aromatic heterocycles. The summed E-state index contributed by atoms with van der Waals surface area (Å²) in [6.07, 6.45) is 1.62. The van der Waals surface area contributed by atoms with E-state index in [-0.39, 0.29) is 17.4 Å². The lowest BCUT2D eigenvalue weighted by molar-refractivity contribution is -0.139. The summed E-state index contributed by atoms with van der Waals surface area (Å²) < 4.78 is 11.4. The van der Waals surface area contributed by atoms with Crippen molar-refractivity contribution < 1.29 is 24.2 Å². The highest BCUT2D eigenvalue weighted by Gasteiger charge is 2.45. The van der Waals surface area contributed by atoms with Crippen LogP contribution in [0.15, 0.2) is 54.1 Å². The van der Waals surface area contributed by atoms with Crippen molar-refractivity contribution in [2.24, 2.45) is 0 Å². The number of hydrogen-bond acceptors (Lipinski definition) is 6. The highest BCUT2D eigenvalue weighted by atomic mass is 16.5. The van der Waals surface area contributed by atoms with Crippen LogP contribution < -0.4 is 9.47 Å². The van der Waals surface area contributed by atoms with Crippen LogP contribution in [0.1, 0.15) is 50.8 Å². The lowest BCUT2D eigenvalue weighted by Gasteiger charge is -2.26. The predicted molar refractivity (Wildman–Crippen MR) is 137 cm³/mol. The number of ether oxygens (including phenoxy) is 2. The molecule has 2 aromatic rings. The first-order valence-electron chi connectivity index (χ1n) is 12.2. The van der Waals surface area contributed by atoms with Gasteiger partial charge in [0.1, 0.15) is 17.3 Å². The van der Waals surface area contributed by atoms with Crippen LogP contribution in [0.3, 0.4) is 0 Å². The number of hydrogen-bond donors (Lipinski definition) is 1. The van der Waals surface area contributed by atoms with Crippen LogP contribution in [0.5, 0.6) is 11.5 Å². The molecule has 0 bridgehead atoms. The molecule has 7 nitrogen and oxygen atoms in total. The van der Waals surface area contributed by atoms with Crippen LogP contribution in [0, 0.1) is 0 Å². The molecule has 0 spiro atoms. The molecule has 0 unspecified atom stereocenters. The summed E-state index contributed by atoms with van der Waals surface area (Å²) in [4.78, 5) is 29.8. The average molecular weight is 481 g/mol. The van der Waals surface area contributed by atoms with Gasteiger partial charge in [-0.3, -0.25) is 9.59 Å². The van der Waals surface area contributed by atoms with Crippen LogP contribution in [0.25, 0.3) is 5.76 Å². The Morgan fingerprint density at radius 1 is 1.03 bits per heavy atom. The van der Waals surface area contributed by atoms with E-state index in [0.717, 1.165) is 18.5 Å². The number of ketones is 1. The van der Waals surface area contributed by atoms with Gasteiger partial charge in [0.15, 0.2) is 0 Å². The van der Waals surface area contributed by atoms with Gasteiger partial charge in [0.2, 0.25) is 0 Å². The highest BCUT2D eigenvalue weighted by Crippen LogP contribution is 2.40. The fraction of sp³-hybridized carbons (Fsp3) is 0.429. The molecule has 35 heavy (non-hydrogen) atoms. The van der Waals surface area contributed by atoms with E-state index in [4.69, 9.17) is 9.47 Å². The maximum atomic E-state index is 13.2. The fourth-order valence-electron chi connectivity index (χ4n) is 4.10. The first-order valence-corrected chi connectivity index (χ1v) is 12.2. The molecule has 1 fully saturated rings. The number of amides is 1. The van der Waals surface area contributed by atoms with Crippen molar-refractivity contribution >= 4 is 17.4 Å². The number of aliphatic hydroxyl groups excluding tert-OH is 1. The van der Waals surface area contributed by atoms with Gasteiger partial charge in [0.25, 0.3) is 11.7 Å². The van der Waals surface area contributed by atoms with Gasteiger partial charge in [-0.05, 0) is 89.3 Å². The minimum Gasteiger partial charge on any atom is -0.507 e. The van der Waals surface area contributed by atoms with Gasteiger partial charge in [-0.15, -0.1) is 0 Å². The van der Waals surface area contributed by atoms with Crippen molar-refractivity contribution in [1.82, 2.24) is 9.80 Å². The zero-order chi connectivity index (χ0) is 25.5. The largest absolute Gasteiger partial charge is 0.507 e. The van der Waals surface area contributed by atoms with Crippen LogP contribution in [-0.2, 0) is 9.59 Å². The third kappa shape index (κ3) is 6.42. The monoisotopic (exact) mass is 480 g/mol. The molecular weight excluding hydrogens is 444 g/mol. The normalized spacial score (nSPS) is 17.5. The quantitative estimate of drug-likeness (QED) is 0.287. The van der Waals surface area contributed by atoms with Crippen molar-refractivity contribution in [3.8, 4) is 11.5 Å². The Morgan fingerprint density at radius 2 is 1.66 bits per heavy atom. The molecule has 3 rings (SSSR count). The molecule has 0 aliphatic carbocycles. The standard InChI is InChI=1S/C28H36N2O5/c1-6-18-34-22-12-10-21(11-13-22)26(31)24-25(20-8-14-23(15-9-20)35-19(2)3)30(28(33)27(24)32)17-7-16-29(4)5/h8-15,19,25,31H,6-7,16-18H2,1-5H3/b26-24+/t25-/m1/s1. The Bertz CT molecular complexity index is 1040. The summed E-state index contributed by atoms with van der Waals surface area (Å²) in [5.41, 5.74) is 1.30. The molecule has 1 amide bonds. The Labute approximate surface area is 207 Å². The fourth-order valence-corrected chi connectivity index (χ4v) is 4.10. The third-order valence-electron chi connectivity index (χ3n) is 5.71. The number of Topliss-reactive ketones (excluding diaryl/α,β-unsaturated/α-hetero) is 1. The molecule has 1 aliphatic rings. The molecule has 0 saturated carbocycles. The maximum absolute atomic E-state index is 13.2. The lowest BCUT2D eigenvalue weighted by atomic mass is 9.95. The Morgan fingerprint density at radius 3 is 2.23 bits per heavy atom. The number of rotatable bonds is 11. The van der Waals surface area contributed by atoms with Gasteiger partial charge < -0.3 is 24.4 Å². The second-order valence-electron chi connectivity index (χ2n) is 9.26. The Balaban J connectivity index is 2.01. The van der Waals surface area contributed by atoms with E-state index >= 15 is 0 Å². The number of aliphatic hydroxyl groups is 1. The Kier molecular flexibility index (Phi) is 8.93. The zero-order valence-electron chi connectivity index (χ0n) is 21.3. The highest BCUT2D eigenvalue weighted by molar-refractivity contribution is 6.46. The second-order valence-corrected chi connectivity index (χ2v) is 9.26. The van der Waals surface area contributed by atoms with E-state index in [1.54, 1.807) is 29.2 Å². The molecule has 1 N–H and O–H groups in total. The molecule has 1 atom stereocenters. The van der Waals surface area contributed by atoms with E-state index in [0.29, 0.717) is 36.6 Å². The van der Waals surface area contributed by atoms with Gasteiger partial charge >= 0.3 is 0 Å². The summed E-state index contributed by atoms with van der Waals surface area (Å²) in [5, 5.41) is 11.2. The molecule has 1 aliphatic heterocycles. The minimum absolute atomic E-state index is 0.0294. The predicted octanol–water partition coefficient (Wildman–Crippen LogP) is 4.64. The van der Waals surface area contributed by atoms with Gasteiger partial charge in [-0.2, -0.15) is 0 Å². The van der Waals surface area contributed by atoms with E-state index in [9.17, 15) is 14.7 Å². The molecular formula is C28H36N2O5. The Hall–Kier alpha value is -3.32. The molecule has 1 heterocycles. The van der Waals surface area contributed by atoms with Crippen molar-refractivity contribution in [3.05, 3.63) is 65.2 Å². The number of carbonyl (C=O) groups excluding carboxylic acids is 2. The van der Waals surface area contributed by atoms with Crippen molar-refractivity contribution in [2.45, 2.75) is 45.8 Å². The van der Waals surface area contributed by atoms with Crippen LogP contribution in [0.4, 0.5) is 0 Å². The van der Waals surface area contributed by atoms with Crippen LogP contribution in [-0.4, -0.2) is 66.5 Å². The number of nitrogens with zero attached hydrogens (tertiary/aromatic N) is 2. The average Bonchev–Trinajstić information content (AvgIpc) is 3.07. The summed E-state index contributed by atoms with van der Waals surface area (Å²) in [6, 6.07) is 13.6. The molecule has 7 heteroatoms. The van der Waals surface area contributed by atoms with Gasteiger partial charge in [0.05, 0.1) is 24.3 Å². The number of carbonyl (C=O) groups is 2. The third-order valence-corrected chi connectivity index (χ3v) is 5.71. The summed E-state index contributed by atoms with van der Waals surface area (Å²) >= 11 is 0.